The van der Waals surface area contributed by atoms with Crippen LogP contribution in [0.5, 0.6) is 0 Å². The van der Waals surface area contributed by atoms with Crippen LogP contribution >= 0.6 is 0 Å². The molecule has 3 rings (SSSR count). The van der Waals surface area contributed by atoms with E-state index < -0.39 is 10.7 Å². The molecule has 11 heteroatoms. The second-order valence-electron chi connectivity index (χ2n) is 7.85. The van der Waals surface area contributed by atoms with Gasteiger partial charge in [0.2, 0.25) is 11.8 Å². The Balaban J connectivity index is 1.71. The van der Waals surface area contributed by atoms with Crippen LogP contribution in [0.2, 0.25) is 0 Å². The van der Waals surface area contributed by atoms with E-state index in [9.17, 15) is 19.3 Å². The zero-order valence-corrected chi connectivity index (χ0v) is 17.7. The number of nitro groups is 1. The number of halogens is 1. The number of hydrogen-bond donors (Lipinski definition) is 3. The molecule has 1 fully saturated rings. The van der Waals surface area contributed by atoms with Gasteiger partial charge in [-0.25, -0.2) is 9.37 Å². The van der Waals surface area contributed by atoms with E-state index in [1.54, 1.807) is 0 Å². The molecule has 0 atom stereocenters. The topological polar surface area (TPSA) is 125 Å². The molecule has 2 aromatic rings. The summed E-state index contributed by atoms with van der Waals surface area (Å²) in [4.78, 5) is 33.2. The number of carbonyl (C=O) groups excluding carboxylic acids is 1. The van der Waals surface area contributed by atoms with Gasteiger partial charge < -0.3 is 20.9 Å². The van der Waals surface area contributed by atoms with Gasteiger partial charge in [0, 0.05) is 17.6 Å². The average Bonchev–Trinajstić information content (AvgIpc) is 2.70. The van der Waals surface area contributed by atoms with Crippen molar-refractivity contribution in [3.05, 3.63) is 45.9 Å². The van der Waals surface area contributed by atoms with Gasteiger partial charge in [-0.3, -0.25) is 14.9 Å². The first-order valence-electron chi connectivity index (χ1n) is 10.1. The number of piperidine rings is 1. The summed E-state index contributed by atoms with van der Waals surface area (Å²) in [5, 5.41) is 19.7. The highest BCUT2D eigenvalue weighted by molar-refractivity contribution is 5.94. The van der Waals surface area contributed by atoms with Gasteiger partial charge in [-0.05, 0) is 65.0 Å². The van der Waals surface area contributed by atoms with Gasteiger partial charge in [0.1, 0.15) is 12.0 Å². The zero-order chi connectivity index (χ0) is 22.5. The highest BCUT2D eigenvalue weighted by Gasteiger charge is 2.21. The quantitative estimate of drug-likeness (QED) is 0.451. The minimum atomic E-state index is -0.656. The van der Waals surface area contributed by atoms with E-state index in [2.05, 4.69) is 30.8 Å². The SMILES string of the molecule is CC(C)Nc1nc(Nc2ccc(C(=O)NC3CCN(C)CC3)cc2F)ncc1[N+](=O)[O-]. The Morgan fingerprint density at radius 3 is 2.65 bits per heavy atom. The van der Waals surface area contributed by atoms with Crippen LogP contribution in [0.25, 0.3) is 0 Å². The summed E-state index contributed by atoms with van der Waals surface area (Å²) in [6.07, 6.45) is 2.77. The van der Waals surface area contributed by atoms with E-state index in [0.29, 0.717) is 0 Å². The number of aromatic nitrogens is 2. The first-order chi connectivity index (χ1) is 14.7. The van der Waals surface area contributed by atoms with Crippen LogP contribution in [0.4, 0.5) is 27.5 Å². The van der Waals surface area contributed by atoms with Crippen LogP contribution < -0.4 is 16.0 Å². The lowest BCUT2D eigenvalue weighted by Crippen LogP contribution is -2.43. The lowest BCUT2D eigenvalue weighted by Gasteiger charge is -2.29. The number of carbonyl (C=O) groups is 1. The van der Waals surface area contributed by atoms with E-state index in [1.165, 1.54) is 12.1 Å². The average molecular weight is 431 g/mol. The van der Waals surface area contributed by atoms with E-state index in [4.69, 9.17) is 0 Å². The number of hydrogen-bond acceptors (Lipinski definition) is 8. The van der Waals surface area contributed by atoms with Crippen molar-refractivity contribution in [2.45, 2.75) is 38.8 Å². The number of nitrogens with one attached hydrogen (secondary N) is 3. The van der Waals surface area contributed by atoms with Crippen LogP contribution in [-0.2, 0) is 0 Å². The summed E-state index contributed by atoms with van der Waals surface area (Å²) >= 11 is 0. The van der Waals surface area contributed by atoms with Crippen LogP contribution in [-0.4, -0.2) is 57.9 Å². The Morgan fingerprint density at radius 2 is 2.03 bits per heavy atom. The Bertz CT molecular complexity index is 962. The molecule has 10 nitrogen and oxygen atoms in total. The number of rotatable bonds is 7. The fourth-order valence-corrected chi connectivity index (χ4v) is 3.25. The molecule has 1 amide bonds. The first-order valence-corrected chi connectivity index (χ1v) is 10.1. The second kappa shape index (κ2) is 9.65. The molecule has 1 aromatic carbocycles. The molecule has 0 radical (unpaired) electrons. The van der Waals surface area contributed by atoms with Gasteiger partial charge >= 0.3 is 5.69 Å². The normalized spacial score (nSPS) is 15.0. The number of amides is 1. The van der Waals surface area contributed by atoms with Gasteiger partial charge in [-0.2, -0.15) is 4.98 Å². The predicted molar refractivity (Wildman–Crippen MR) is 115 cm³/mol. The zero-order valence-electron chi connectivity index (χ0n) is 17.7. The number of benzene rings is 1. The van der Waals surface area contributed by atoms with Crippen molar-refractivity contribution < 1.29 is 14.1 Å². The lowest BCUT2D eigenvalue weighted by molar-refractivity contribution is -0.384. The molecule has 1 aliphatic heterocycles. The van der Waals surface area contributed by atoms with Crippen molar-refractivity contribution >= 4 is 29.0 Å². The molecule has 0 bridgehead atoms. The van der Waals surface area contributed by atoms with E-state index >= 15 is 0 Å². The maximum Gasteiger partial charge on any atom is 0.329 e. The maximum atomic E-state index is 14.6. The largest absolute Gasteiger partial charge is 0.362 e. The maximum absolute atomic E-state index is 14.6. The highest BCUT2D eigenvalue weighted by atomic mass is 19.1. The summed E-state index contributed by atoms with van der Waals surface area (Å²) in [6, 6.07) is 4.05. The van der Waals surface area contributed by atoms with Crippen molar-refractivity contribution in [2.24, 2.45) is 0 Å². The van der Waals surface area contributed by atoms with Crippen LogP contribution in [0.15, 0.2) is 24.4 Å². The summed E-state index contributed by atoms with van der Waals surface area (Å²) < 4.78 is 14.6. The molecular formula is C20H26FN7O3. The van der Waals surface area contributed by atoms with Gasteiger partial charge in [-0.15, -0.1) is 0 Å². The Labute approximate surface area is 179 Å². The molecule has 0 aliphatic carbocycles. The third kappa shape index (κ3) is 5.85. The molecule has 3 N–H and O–H groups in total. The van der Waals surface area contributed by atoms with Gasteiger partial charge in [-0.1, -0.05) is 0 Å². The predicted octanol–water partition coefficient (Wildman–Crippen LogP) is 2.91. The Morgan fingerprint density at radius 1 is 1.32 bits per heavy atom. The molecule has 1 aromatic heterocycles. The lowest BCUT2D eigenvalue weighted by atomic mass is 10.0. The van der Waals surface area contributed by atoms with E-state index in [-0.39, 0.29) is 46.7 Å². The van der Waals surface area contributed by atoms with Gasteiger partial charge in [0.25, 0.3) is 5.91 Å². The van der Waals surface area contributed by atoms with Crippen LogP contribution in [0, 0.1) is 15.9 Å². The molecule has 0 saturated carbocycles. The summed E-state index contributed by atoms with van der Waals surface area (Å²) in [5.74, 6) is -0.949. The number of anilines is 3. The van der Waals surface area contributed by atoms with Gasteiger partial charge in [0.05, 0.1) is 10.6 Å². The molecule has 0 spiro atoms. The van der Waals surface area contributed by atoms with Crippen molar-refractivity contribution in [3.63, 3.8) is 0 Å². The minimum Gasteiger partial charge on any atom is -0.362 e. The van der Waals surface area contributed by atoms with Crippen molar-refractivity contribution in [1.29, 1.82) is 0 Å². The summed E-state index contributed by atoms with van der Waals surface area (Å²) in [5.41, 5.74) is -0.00500. The van der Waals surface area contributed by atoms with Crippen molar-refractivity contribution in [1.82, 2.24) is 20.2 Å². The molecule has 31 heavy (non-hydrogen) atoms. The Hall–Kier alpha value is -3.34. The Kier molecular flexibility index (Phi) is 6.95. The number of likely N-dealkylation sites (tertiary alicyclic amines) is 1. The standard InChI is InChI=1S/C20H26FN7O3/c1-12(2)23-18-17(28(30)31)11-22-20(26-18)25-16-5-4-13(10-15(16)21)19(29)24-14-6-8-27(3)9-7-14/h4-5,10-12,14H,6-9H2,1-3H3,(H,24,29)(H2,22,23,25,26). The molecule has 1 saturated heterocycles. The molecule has 2 heterocycles. The summed E-state index contributed by atoms with van der Waals surface area (Å²) in [6.45, 7) is 5.44. The third-order valence-electron chi connectivity index (χ3n) is 4.92. The highest BCUT2D eigenvalue weighted by Crippen LogP contribution is 2.25. The molecule has 0 unspecified atom stereocenters. The first kappa shape index (κ1) is 22.3. The smallest absolute Gasteiger partial charge is 0.329 e. The monoisotopic (exact) mass is 431 g/mol. The second-order valence-corrected chi connectivity index (χ2v) is 7.85. The van der Waals surface area contributed by atoms with E-state index in [1.807, 2.05) is 20.9 Å². The third-order valence-corrected chi connectivity index (χ3v) is 4.92. The fourth-order valence-electron chi connectivity index (χ4n) is 3.25. The van der Waals surface area contributed by atoms with Gasteiger partial charge in [0.15, 0.2) is 0 Å². The minimum absolute atomic E-state index is 0.00354. The van der Waals surface area contributed by atoms with Crippen molar-refractivity contribution in [2.75, 3.05) is 30.8 Å². The molecule has 166 valence electrons. The molecular weight excluding hydrogens is 405 g/mol. The van der Waals surface area contributed by atoms with Crippen molar-refractivity contribution in [3.8, 4) is 0 Å². The molecule has 1 aliphatic rings. The number of nitrogens with zero attached hydrogens (tertiary/aromatic N) is 4. The van der Waals surface area contributed by atoms with Crippen LogP contribution in [0.1, 0.15) is 37.0 Å². The van der Waals surface area contributed by atoms with E-state index in [0.717, 1.165) is 38.2 Å². The summed E-state index contributed by atoms with van der Waals surface area (Å²) in [7, 11) is 2.04. The fraction of sp³-hybridized carbons (Fsp3) is 0.450. The van der Waals surface area contributed by atoms with Crippen LogP contribution in [0.3, 0.4) is 0 Å².